The summed E-state index contributed by atoms with van der Waals surface area (Å²) in [6, 6.07) is 3.57. The lowest BCUT2D eigenvalue weighted by atomic mass is 10.0. The molecule has 0 aliphatic rings. The fraction of sp³-hybridized carbons (Fsp3) is 0.462. The molecule has 3 N–H and O–H groups in total. The average molecular weight is 281 g/mol. The van der Waals surface area contributed by atoms with E-state index in [1.165, 1.54) is 25.3 Å². The van der Waals surface area contributed by atoms with Crippen molar-refractivity contribution < 1.29 is 14.5 Å². The Kier molecular flexibility index (Phi) is 5.45. The highest BCUT2D eigenvalue weighted by Gasteiger charge is 2.19. The summed E-state index contributed by atoms with van der Waals surface area (Å²) < 4.78 is 4.89. The Morgan fingerprint density at radius 2 is 2.15 bits per heavy atom. The molecule has 0 bridgehead atoms. The average Bonchev–Trinajstić information content (AvgIpc) is 2.37. The van der Waals surface area contributed by atoms with Gasteiger partial charge in [0.25, 0.3) is 0 Å². The number of carbonyl (C=O) groups is 1. The summed E-state index contributed by atoms with van der Waals surface area (Å²) in [6.45, 7) is 3.93. The van der Waals surface area contributed by atoms with Gasteiger partial charge < -0.3 is 15.8 Å². The van der Waals surface area contributed by atoms with Crippen molar-refractivity contribution in [3.8, 4) is 5.75 Å². The Morgan fingerprint density at radius 3 is 2.65 bits per heavy atom. The fourth-order valence-electron chi connectivity index (χ4n) is 1.76. The molecule has 1 rings (SSSR count). The summed E-state index contributed by atoms with van der Waals surface area (Å²) >= 11 is 0. The number of rotatable bonds is 6. The third-order valence-corrected chi connectivity index (χ3v) is 2.71. The largest absolute Gasteiger partial charge is 0.490 e. The highest BCUT2D eigenvalue weighted by molar-refractivity contribution is 5.95. The molecule has 0 aliphatic heterocycles. The van der Waals surface area contributed by atoms with Gasteiger partial charge in [0.2, 0.25) is 5.91 Å². The van der Waals surface area contributed by atoms with Crippen LogP contribution in [0.4, 0.5) is 11.4 Å². The minimum atomic E-state index is -0.642. The van der Waals surface area contributed by atoms with Crippen LogP contribution in [0.2, 0.25) is 0 Å². The molecule has 0 spiro atoms. The van der Waals surface area contributed by atoms with Crippen molar-refractivity contribution in [3.05, 3.63) is 28.3 Å². The van der Waals surface area contributed by atoms with Crippen molar-refractivity contribution in [3.63, 3.8) is 0 Å². The van der Waals surface area contributed by atoms with Crippen LogP contribution in [0.15, 0.2) is 18.2 Å². The molecule has 7 heteroatoms. The summed E-state index contributed by atoms with van der Waals surface area (Å²) in [7, 11) is 1.35. The number of carbonyl (C=O) groups excluding carboxylic acids is 1. The number of nitrogens with zero attached hydrogens (tertiary/aromatic N) is 1. The van der Waals surface area contributed by atoms with Crippen LogP contribution >= 0.6 is 0 Å². The highest BCUT2D eigenvalue weighted by Crippen LogP contribution is 2.29. The zero-order valence-electron chi connectivity index (χ0n) is 11.8. The lowest BCUT2D eigenvalue weighted by Gasteiger charge is -2.14. The molecule has 0 fully saturated rings. The normalized spacial score (nSPS) is 12.1. The lowest BCUT2D eigenvalue weighted by molar-refractivity contribution is -0.385. The first-order chi connectivity index (χ1) is 9.35. The van der Waals surface area contributed by atoms with E-state index < -0.39 is 11.0 Å². The first kappa shape index (κ1) is 15.9. The van der Waals surface area contributed by atoms with Crippen molar-refractivity contribution in [2.24, 2.45) is 11.7 Å². The van der Waals surface area contributed by atoms with E-state index in [2.05, 4.69) is 5.32 Å². The number of benzene rings is 1. The summed E-state index contributed by atoms with van der Waals surface area (Å²) in [5.74, 6) is 0.0681. The number of amides is 1. The molecule has 0 saturated carbocycles. The number of nitro benzene ring substituents is 1. The Hall–Kier alpha value is -2.15. The number of hydrogen-bond acceptors (Lipinski definition) is 5. The SMILES string of the molecule is COc1ccc(NC(=O)[C@H](N)CC(C)C)cc1[N+](=O)[O-]. The summed E-state index contributed by atoms with van der Waals surface area (Å²) in [4.78, 5) is 22.2. The Balaban J connectivity index is 2.85. The second-order valence-electron chi connectivity index (χ2n) is 4.87. The first-order valence-corrected chi connectivity index (χ1v) is 6.24. The second kappa shape index (κ2) is 6.85. The van der Waals surface area contributed by atoms with Gasteiger partial charge in [0.15, 0.2) is 5.75 Å². The third-order valence-electron chi connectivity index (χ3n) is 2.71. The molecule has 0 unspecified atom stereocenters. The van der Waals surface area contributed by atoms with Gasteiger partial charge >= 0.3 is 5.69 Å². The van der Waals surface area contributed by atoms with Gasteiger partial charge in [-0.3, -0.25) is 14.9 Å². The van der Waals surface area contributed by atoms with E-state index in [0.717, 1.165) is 0 Å². The zero-order valence-corrected chi connectivity index (χ0v) is 11.8. The first-order valence-electron chi connectivity index (χ1n) is 6.24. The molecule has 0 aliphatic carbocycles. The molecule has 0 heterocycles. The van der Waals surface area contributed by atoms with E-state index in [9.17, 15) is 14.9 Å². The molecule has 1 aromatic rings. The molecule has 0 saturated heterocycles. The van der Waals surface area contributed by atoms with Gasteiger partial charge in [-0.1, -0.05) is 13.8 Å². The van der Waals surface area contributed by atoms with Gasteiger partial charge in [-0.05, 0) is 24.5 Å². The summed E-state index contributed by atoms with van der Waals surface area (Å²) in [6.07, 6.45) is 0.546. The molecule has 0 radical (unpaired) electrons. The molecule has 1 atom stereocenters. The highest BCUT2D eigenvalue weighted by atomic mass is 16.6. The number of nitrogens with two attached hydrogens (primary N) is 1. The molecule has 0 aromatic heterocycles. The van der Waals surface area contributed by atoms with Crippen molar-refractivity contribution in [1.29, 1.82) is 0 Å². The van der Waals surface area contributed by atoms with Crippen LogP contribution in [0.25, 0.3) is 0 Å². The molecule has 20 heavy (non-hydrogen) atoms. The van der Waals surface area contributed by atoms with Gasteiger partial charge in [0.1, 0.15) is 0 Å². The van der Waals surface area contributed by atoms with Crippen LogP contribution in [-0.4, -0.2) is 24.0 Å². The molecule has 1 amide bonds. The van der Waals surface area contributed by atoms with Crippen molar-refractivity contribution >= 4 is 17.3 Å². The van der Waals surface area contributed by atoms with Crippen LogP contribution in [0.5, 0.6) is 5.75 Å². The number of hydrogen-bond donors (Lipinski definition) is 2. The molecular formula is C13H19N3O4. The standard InChI is InChI=1S/C13H19N3O4/c1-8(2)6-10(14)13(17)15-9-4-5-12(20-3)11(7-9)16(18)19/h4-5,7-8,10H,6,14H2,1-3H3,(H,15,17)/t10-/m1/s1. The number of nitro groups is 1. The third kappa shape index (κ3) is 4.20. The lowest BCUT2D eigenvalue weighted by Crippen LogP contribution is -2.36. The molecule has 1 aromatic carbocycles. The van der Waals surface area contributed by atoms with Gasteiger partial charge in [0.05, 0.1) is 18.1 Å². The summed E-state index contributed by atoms with van der Waals surface area (Å²) in [5.41, 5.74) is 5.86. The smallest absolute Gasteiger partial charge is 0.312 e. The van der Waals surface area contributed by atoms with E-state index in [-0.39, 0.29) is 17.3 Å². The van der Waals surface area contributed by atoms with Crippen LogP contribution < -0.4 is 15.8 Å². The maximum absolute atomic E-state index is 11.8. The summed E-state index contributed by atoms with van der Waals surface area (Å²) in [5, 5.41) is 13.5. The number of anilines is 1. The maximum atomic E-state index is 11.8. The number of nitrogens with one attached hydrogen (secondary N) is 1. The van der Waals surface area contributed by atoms with Gasteiger partial charge in [-0.15, -0.1) is 0 Å². The Morgan fingerprint density at radius 1 is 1.50 bits per heavy atom. The number of ether oxygens (including phenoxy) is 1. The minimum absolute atomic E-state index is 0.138. The van der Waals surface area contributed by atoms with E-state index in [1.54, 1.807) is 0 Å². The molecule has 7 nitrogen and oxygen atoms in total. The minimum Gasteiger partial charge on any atom is -0.490 e. The second-order valence-corrected chi connectivity index (χ2v) is 4.87. The maximum Gasteiger partial charge on any atom is 0.312 e. The van der Waals surface area contributed by atoms with E-state index in [4.69, 9.17) is 10.5 Å². The molecule has 110 valence electrons. The quantitative estimate of drug-likeness (QED) is 0.611. The van der Waals surface area contributed by atoms with Gasteiger partial charge in [0, 0.05) is 11.8 Å². The molecular weight excluding hydrogens is 262 g/mol. The van der Waals surface area contributed by atoms with Crippen LogP contribution in [0.3, 0.4) is 0 Å². The van der Waals surface area contributed by atoms with Crippen molar-refractivity contribution in [2.75, 3.05) is 12.4 Å². The monoisotopic (exact) mass is 281 g/mol. The number of methoxy groups -OCH3 is 1. The van der Waals surface area contributed by atoms with Crippen LogP contribution in [-0.2, 0) is 4.79 Å². The predicted octanol–water partition coefficient (Wildman–Crippen LogP) is 1.92. The van der Waals surface area contributed by atoms with Crippen LogP contribution in [0, 0.1) is 16.0 Å². The Bertz CT molecular complexity index is 502. The zero-order chi connectivity index (χ0) is 15.3. The van der Waals surface area contributed by atoms with Crippen molar-refractivity contribution in [2.45, 2.75) is 26.3 Å². The van der Waals surface area contributed by atoms with E-state index in [0.29, 0.717) is 18.0 Å². The Labute approximate surface area is 117 Å². The van der Waals surface area contributed by atoms with Gasteiger partial charge in [-0.25, -0.2) is 0 Å². The van der Waals surface area contributed by atoms with Crippen molar-refractivity contribution in [1.82, 2.24) is 0 Å². The van der Waals surface area contributed by atoms with E-state index >= 15 is 0 Å². The van der Waals surface area contributed by atoms with Gasteiger partial charge in [-0.2, -0.15) is 0 Å². The van der Waals surface area contributed by atoms with E-state index in [1.807, 2.05) is 13.8 Å². The fourth-order valence-corrected chi connectivity index (χ4v) is 1.76. The predicted molar refractivity (Wildman–Crippen MR) is 75.7 cm³/mol. The van der Waals surface area contributed by atoms with Crippen LogP contribution in [0.1, 0.15) is 20.3 Å². The topological polar surface area (TPSA) is 107 Å².